The second-order valence-corrected chi connectivity index (χ2v) is 8.51. The minimum Gasteiger partial charge on any atom is -0.461 e. The number of carbonyl (C=O) groups excluding carboxylic acids is 2. The first-order valence-electron chi connectivity index (χ1n) is 10.4. The smallest absolute Gasteiger partial charge is 0.312 e. The number of rotatable bonds is 5. The molecule has 1 atom stereocenters. The van der Waals surface area contributed by atoms with Gasteiger partial charge in [-0.3, -0.25) is 9.59 Å². The van der Waals surface area contributed by atoms with Crippen LogP contribution in [0.2, 0.25) is 0 Å². The lowest BCUT2D eigenvalue weighted by atomic mass is 9.76. The highest BCUT2D eigenvalue weighted by Gasteiger charge is 2.50. The summed E-state index contributed by atoms with van der Waals surface area (Å²) in [6.07, 6.45) is 2.00. The van der Waals surface area contributed by atoms with E-state index in [-0.39, 0.29) is 18.0 Å². The number of piperidine rings is 1. The minimum atomic E-state index is -0.435. The first kappa shape index (κ1) is 20.4. The second-order valence-electron chi connectivity index (χ2n) is 8.51. The fourth-order valence-electron chi connectivity index (χ4n) is 4.39. The van der Waals surface area contributed by atoms with Crippen molar-refractivity contribution in [1.82, 2.24) is 9.80 Å². The second kappa shape index (κ2) is 8.48. The molecule has 158 valence electrons. The number of hydrogen-bond donors (Lipinski definition) is 0. The number of benzene rings is 2. The van der Waals surface area contributed by atoms with Gasteiger partial charge >= 0.3 is 5.97 Å². The standard InChI is InChI=1S/C24H28N2O4/c1-25(2)17-21-16-24(23(28)30-21)11-13-26(14-12-24)22(27)18-7-6-10-20(15-18)29-19-8-4-3-5-9-19/h3-10,15,21H,11-14,16-17H2,1-2H3. The summed E-state index contributed by atoms with van der Waals surface area (Å²) in [5.41, 5.74) is 0.161. The molecule has 0 aromatic heterocycles. The zero-order chi connectivity index (χ0) is 21.1. The lowest BCUT2D eigenvalue weighted by molar-refractivity contribution is -0.150. The lowest BCUT2D eigenvalue weighted by Gasteiger charge is -2.36. The monoisotopic (exact) mass is 408 g/mol. The molecule has 2 aromatic rings. The molecule has 2 saturated heterocycles. The number of ether oxygens (including phenoxy) is 2. The van der Waals surface area contributed by atoms with Gasteiger partial charge in [-0.1, -0.05) is 24.3 Å². The molecule has 30 heavy (non-hydrogen) atoms. The number of likely N-dealkylation sites (N-methyl/N-ethyl adjacent to an activating group) is 1. The molecule has 2 aliphatic rings. The van der Waals surface area contributed by atoms with E-state index < -0.39 is 5.41 Å². The highest BCUT2D eigenvalue weighted by atomic mass is 16.6. The maximum absolute atomic E-state index is 13.0. The zero-order valence-electron chi connectivity index (χ0n) is 17.5. The Morgan fingerprint density at radius 3 is 2.50 bits per heavy atom. The first-order chi connectivity index (χ1) is 14.4. The molecule has 0 N–H and O–H groups in total. The Morgan fingerprint density at radius 2 is 1.80 bits per heavy atom. The molecule has 6 nitrogen and oxygen atoms in total. The molecule has 4 rings (SSSR count). The minimum absolute atomic E-state index is 0.0282. The fourth-order valence-corrected chi connectivity index (χ4v) is 4.39. The van der Waals surface area contributed by atoms with Crippen molar-refractivity contribution in [2.24, 2.45) is 5.41 Å². The summed E-state index contributed by atoms with van der Waals surface area (Å²) in [6, 6.07) is 16.8. The summed E-state index contributed by atoms with van der Waals surface area (Å²) in [5, 5.41) is 0. The van der Waals surface area contributed by atoms with Crippen LogP contribution in [0.4, 0.5) is 0 Å². The molecular formula is C24H28N2O4. The molecule has 0 bridgehead atoms. The number of para-hydroxylation sites is 1. The highest BCUT2D eigenvalue weighted by molar-refractivity contribution is 5.95. The Bertz CT molecular complexity index is 904. The molecule has 6 heteroatoms. The number of likely N-dealkylation sites (tertiary alicyclic amines) is 1. The van der Waals surface area contributed by atoms with Gasteiger partial charge in [-0.25, -0.2) is 0 Å². The van der Waals surface area contributed by atoms with E-state index in [9.17, 15) is 9.59 Å². The van der Waals surface area contributed by atoms with Crippen LogP contribution in [0, 0.1) is 5.41 Å². The van der Waals surface area contributed by atoms with Crippen molar-refractivity contribution < 1.29 is 19.1 Å². The van der Waals surface area contributed by atoms with Crippen LogP contribution in [0.15, 0.2) is 54.6 Å². The number of hydrogen-bond acceptors (Lipinski definition) is 5. The van der Waals surface area contributed by atoms with Gasteiger partial charge in [0.25, 0.3) is 5.91 Å². The van der Waals surface area contributed by atoms with E-state index >= 15 is 0 Å². The lowest BCUT2D eigenvalue weighted by Crippen LogP contribution is -2.45. The quantitative estimate of drug-likeness (QED) is 0.708. The van der Waals surface area contributed by atoms with Crippen molar-refractivity contribution in [3.05, 3.63) is 60.2 Å². The molecular weight excluding hydrogens is 380 g/mol. The molecule has 0 saturated carbocycles. The topological polar surface area (TPSA) is 59.1 Å². The molecule has 2 heterocycles. The third-order valence-electron chi connectivity index (χ3n) is 5.96. The average molecular weight is 408 g/mol. The normalized spacial score (nSPS) is 20.4. The first-order valence-corrected chi connectivity index (χ1v) is 10.4. The summed E-state index contributed by atoms with van der Waals surface area (Å²) < 4.78 is 11.5. The van der Waals surface area contributed by atoms with Crippen LogP contribution in [-0.4, -0.2) is 61.5 Å². The fraction of sp³-hybridized carbons (Fsp3) is 0.417. The van der Waals surface area contributed by atoms with E-state index in [0.29, 0.717) is 37.2 Å². The van der Waals surface area contributed by atoms with E-state index in [2.05, 4.69) is 0 Å². The van der Waals surface area contributed by atoms with Crippen LogP contribution in [0.5, 0.6) is 11.5 Å². The van der Waals surface area contributed by atoms with Crippen molar-refractivity contribution in [2.75, 3.05) is 33.7 Å². The molecule has 0 radical (unpaired) electrons. The molecule has 0 aliphatic carbocycles. The Balaban J connectivity index is 1.39. The van der Waals surface area contributed by atoms with Gasteiger partial charge in [-0.2, -0.15) is 0 Å². The highest BCUT2D eigenvalue weighted by Crippen LogP contribution is 2.43. The van der Waals surface area contributed by atoms with Crippen molar-refractivity contribution >= 4 is 11.9 Å². The molecule has 2 fully saturated rings. The Hall–Kier alpha value is -2.86. The molecule has 1 spiro atoms. The summed E-state index contributed by atoms with van der Waals surface area (Å²) in [6.45, 7) is 1.86. The van der Waals surface area contributed by atoms with Crippen molar-refractivity contribution in [3.63, 3.8) is 0 Å². The van der Waals surface area contributed by atoms with Gasteiger partial charge in [0.2, 0.25) is 0 Å². The number of carbonyl (C=O) groups is 2. The molecule has 1 unspecified atom stereocenters. The zero-order valence-corrected chi connectivity index (χ0v) is 17.5. The predicted molar refractivity (Wildman–Crippen MR) is 114 cm³/mol. The van der Waals surface area contributed by atoms with E-state index in [1.807, 2.05) is 72.4 Å². The van der Waals surface area contributed by atoms with Crippen LogP contribution < -0.4 is 4.74 Å². The van der Waals surface area contributed by atoms with Crippen LogP contribution in [0.1, 0.15) is 29.6 Å². The van der Waals surface area contributed by atoms with Crippen LogP contribution in [0.25, 0.3) is 0 Å². The SMILES string of the molecule is CN(C)CC1CC2(CCN(C(=O)c3cccc(Oc4ccccc4)c3)CC2)C(=O)O1. The summed E-state index contributed by atoms with van der Waals surface area (Å²) >= 11 is 0. The maximum atomic E-state index is 13.0. The largest absolute Gasteiger partial charge is 0.461 e. The third kappa shape index (κ3) is 4.33. The van der Waals surface area contributed by atoms with Crippen molar-refractivity contribution in [2.45, 2.75) is 25.4 Å². The van der Waals surface area contributed by atoms with Gasteiger partial charge in [0.05, 0.1) is 5.41 Å². The summed E-state index contributed by atoms with van der Waals surface area (Å²) in [7, 11) is 3.96. The predicted octanol–water partition coefficient (Wildman–Crippen LogP) is 3.58. The van der Waals surface area contributed by atoms with Crippen molar-refractivity contribution in [3.8, 4) is 11.5 Å². The van der Waals surface area contributed by atoms with Gasteiger partial charge < -0.3 is 19.3 Å². The van der Waals surface area contributed by atoms with Gasteiger partial charge in [0, 0.05) is 31.6 Å². The van der Waals surface area contributed by atoms with Crippen LogP contribution in [0.3, 0.4) is 0 Å². The molecule has 2 aromatic carbocycles. The van der Waals surface area contributed by atoms with Gasteiger partial charge in [0.15, 0.2) is 0 Å². The van der Waals surface area contributed by atoms with Crippen LogP contribution >= 0.6 is 0 Å². The Labute approximate surface area is 177 Å². The third-order valence-corrected chi connectivity index (χ3v) is 5.96. The molecule has 1 amide bonds. The summed E-state index contributed by atoms with van der Waals surface area (Å²) in [4.78, 5) is 29.5. The van der Waals surface area contributed by atoms with E-state index in [1.165, 1.54) is 0 Å². The maximum Gasteiger partial charge on any atom is 0.312 e. The molecule has 2 aliphatic heterocycles. The average Bonchev–Trinajstić information content (AvgIpc) is 3.02. The van der Waals surface area contributed by atoms with Gasteiger partial charge in [-0.15, -0.1) is 0 Å². The van der Waals surface area contributed by atoms with Gasteiger partial charge in [-0.05, 0) is 57.3 Å². The van der Waals surface area contributed by atoms with Gasteiger partial charge in [0.1, 0.15) is 17.6 Å². The number of cyclic esters (lactones) is 1. The Morgan fingerprint density at radius 1 is 1.10 bits per heavy atom. The summed E-state index contributed by atoms with van der Waals surface area (Å²) in [5.74, 6) is 1.24. The number of esters is 1. The van der Waals surface area contributed by atoms with Crippen molar-refractivity contribution in [1.29, 1.82) is 0 Å². The van der Waals surface area contributed by atoms with E-state index in [4.69, 9.17) is 9.47 Å². The Kier molecular flexibility index (Phi) is 5.77. The number of amides is 1. The van der Waals surface area contributed by atoms with E-state index in [0.717, 1.165) is 18.7 Å². The van der Waals surface area contributed by atoms with E-state index in [1.54, 1.807) is 6.07 Å². The van der Waals surface area contributed by atoms with Crippen LogP contribution in [-0.2, 0) is 9.53 Å². The number of nitrogens with zero attached hydrogens (tertiary/aromatic N) is 2.